The second-order valence-corrected chi connectivity index (χ2v) is 18.8. The molecule has 0 spiro atoms. The monoisotopic (exact) mass is 586 g/mol. The highest BCUT2D eigenvalue weighted by atomic mass is 28.4. The van der Waals surface area contributed by atoms with Crippen LogP contribution in [0.4, 0.5) is 17.5 Å². The summed E-state index contributed by atoms with van der Waals surface area (Å²) in [6.07, 6.45) is 4.20. The second kappa shape index (κ2) is 11.4. The summed E-state index contributed by atoms with van der Waals surface area (Å²) in [5, 5.41) is 21.9. The number of anilines is 3. The van der Waals surface area contributed by atoms with Crippen molar-refractivity contribution in [2.45, 2.75) is 77.6 Å². The van der Waals surface area contributed by atoms with Crippen molar-refractivity contribution < 1.29 is 4.43 Å². The van der Waals surface area contributed by atoms with E-state index in [0.717, 1.165) is 60.2 Å². The lowest BCUT2D eigenvalue weighted by Gasteiger charge is -2.39. The van der Waals surface area contributed by atoms with Crippen molar-refractivity contribution in [1.29, 1.82) is 5.26 Å². The third-order valence-corrected chi connectivity index (χ3v) is 13.8. The molecule has 2 aliphatic rings. The van der Waals surface area contributed by atoms with Crippen LogP contribution in [0.5, 0.6) is 0 Å². The van der Waals surface area contributed by atoms with E-state index in [1.54, 1.807) is 6.20 Å². The summed E-state index contributed by atoms with van der Waals surface area (Å²) in [5.74, 6) is 1.97. The highest BCUT2D eigenvalue weighted by Gasteiger charge is 2.42. The maximum absolute atomic E-state index is 10.1. The van der Waals surface area contributed by atoms with E-state index in [-0.39, 0.29) is 10.5 Å². The molecule has 0 aliphatic carbocycles. The number of nitrogens with one attached hydrogen (secondary N) is 2. The Morgan fingerprint density at radius 3 is 2.76 bits per heavy atom. The number of piperidine rings is 1. The zero-order chi connectivity index (χ0) is 30.3. The van der Waals surface area contributed by atoms with Gasteiger partial charge in [0.15, 0.2) is 8.32 Å². The summed E-state index contributed by atoms with van der Waals surface area (Å²) in [7, 11) is 0.253. The Kier molecular flexibility index (Phi) is 8.22. The lowest BCUT2D eigenvalue weighted by molar-refractivity contribution is 0.191. The smallest absolute Gasteiger partial charge is 0.228 e. The molecule has 9 nitrogen and oxygen atoms in total. The minimum absolute atomic E-state index is 0.128. The third kappa shape index (κ3) is 6.24. The molecular formula is C32H46N8OSi. The number of hydrogen-bond donors (Lipinski definition) is 2. The van der Waals surface area contributed by atoms with Crippen LogP contribution in [-0.4, -0.2) is 66.3 Å². The van der Waals surface area contributed by atoms with E-state index in [0.29, 0.717) is 24.0 Å². The van der Waals surface area contributed by atoms with Gasteiger partial charge >= 0.3 is 0 Å². The number of aryl methyl sites for hydroxylation is 1. The van der Waals surface area contributed by atoms with E-state index in [1.165, 1.54) is 12.8 Å². The molecule has 2 aromatic heterocycles. The van der Waals surface area contributed by atoms with Crippen LogP contribution in [0.15, 0.2) is 30.5 Å². The highest BCUT2D eigenvalue weighted by molar-refractivity contribution is 6.74. The van der Waals surface area contributed by atoms with Gasteiger partial charge in [-0.2, -0.15) is 10.4 Å². The van der Waals surface area contributed by atoms with Gasteiger partial charge in [0.05, 0.1) is 22.6 Å². The van der Waals surface area contributed by atoms with Crippen molar-refractivity contribution in [2.24, 2.45) is 5.92 Å². The number of hydrogen-bond acceptors (Lipinski definition) is 8. The van der Waals surface area contributed by atoms with E-state index >= 15 is 0 Å². The summed E-state index contributed by atoms with van der Waals surface area (Å²) in [5.41, 5.74) is 5.01. The summed E-state index contributed by atoms with van der Waals surface area (Å²) in [4.78, 5) is 11.8. The molecule has 0 amide bonds. The van der Waals surface area contributed by atoms with Gasteiger partial charge in [0.2, 0.25) is 5.95 Å². The summed E-state index contributed by atoms with van der Waals surface area (Å²) in [6.45, 7) is 20.0. The largest absolute Gasteiger partial charge is 0.416 e. The molecule has 42 heavy (non-hydrogen) atoms. The third-order valence-electron chi connectivity index (χ3n) is 9.37. The molecule has 4 heterocycles. The second-order valence-electron chi connectivity index (χ2n) is 14.0. The molecule has 5 rings (SSSR count). The Hall–Kier alpha value is -3.26. The Labute approximate surface area is 251 Å². The Morgan fingerprint density at radius 1 is 1.26 bits per heavy atom. The fourth-order valence-corrected chi connectivity index (χ4v) is 6.87. The van der Waals surface area contributed by atoms with Gasteiger partial charge in [0.1, 0.15) is 11.9 Å². The van der Waals surface area contributed by atoms with Crippen LogP contribution in [-0.2, 0) is 16.4 Å². The minimum atomic E-state index is -1.94. The van der Waals surface area contributed by atoms with Crippen LogP contribution in [0.2, 0.25) is 18.1 Å². The minimum Gasteiger partial charge on any atom is -0.416 e. The van der Waals surface area contributed by atoms with Gasteiger partial charge in [-0.25, -0.2) is 14.6 Å². The van der Waals surface area contributed by atoms with E-state index in [2.05, 4.69) is 85.2 Å². The molecule has 0 radical (unpaired) electrons. The molecule has 2 aliphatic heterocycles. The molecule has 3 aromatic rings. The first kappa shape index (κ1) is 30.2. The van der Waals surface area contributed by atoms with Crippen molar-refractivity contribution in [1.82, 2.24) is 24.6 Å². The molecule has 1 aromatic carbocycles. The van der Waals surface area contributed by atoms with E-state index in [9.17, 15) is 5.26 Å². The van der Waals surface area contributed by atoms with Crippen LogP contribution in [0, 0.1) is 24.2 Å². The molecule has 0 saturated carbocycles. The van der Waals surface area contributed by atoms with Crippen LogP contribution in [0.25, 0.3) is 11.3 Å². The number of benzene rings is 1. The molecule has 1 fully saturated rings. The zero-order valence-electron chi connectivity index (χ0n) is 26.5. The molecular weight excluding hydrogens is 540 g/mol. The average Bonchev–Trinajstić information content (AvgIpc) is 3.45. The van der Waals surface area contributed by atoms with Gasteiger partial charge in [-0.05, 0) is 81.2 Å². The van der Waals surface area contributed by atoms with Gasteiger partial charge in [-0.15, -0.1) is 0 Å². The summed E-state index contributed by atoms with van der Waals surface area (Å²) in [6, 6.07) is 10.5. The van der Waals surface area contributed by atoms with Crippen molar-refractivity contribution in [2.75, 3.05) is 43.9 Å². The first-order chi connectivity index (χ1) is 19.8. The number of likely N-dealkylation sites (tertiary alicyclic amines) is 1. The van der Waals surface area contributed by atoms with E-state index < -0.39 is 8.32 Å². The normalized spacial score (nSPS) is 21.1. The van der Waals surface area contributed by atoms with E-state index in [1.807, 2.05) is 25.1 Å². The number of nitriles is 1. The predicted octanol–water partition coefficient (Wildman–Crippen LogP) is 6.31. The maximum Gasteiger partial charge on any atom is 0.228 e. The van der Waals surface area contributed by atoms with Crippen LogP contribution in [0.1, 0.15) is 57.4 Å². The van der Waals surface area contributed by atoms with Gasteiger partial charge < -0.3 is 20.0 Å². The number of aromatic nitrogens is 4. The molecule has 2 atom stereocenters. The Bertz CT molecular complexity index is 1490. The van der Waals surface area contributed by atoms with Crippen molar-refractivity contribution in [3.05, 3.63) is 47.3 Å². The van der Waals surface area contributed by atoms with Crippen LogP contribution in [0.3, 0.4) is 0 Å². The fraction of sp³-hybridized carbons (Fsp3) is 0.562. The molecule has 1 saturated heterocycles. The Morgan fingerprint density at radius 2 is 2.05 bits per heavy atom. The van der Waals surface area contributed by atoms with Gasteiger partial charge in [-0.3, -0.25) is 0 Å². The number of fused-ring (bicyclic) bond motifs is 1. The van der Waals surface area contributed by atoms with E-state index in [4.69, 9.17) is 14.5 Å². The quantitative estimate of drug-likeness (QED) is 0.296. The molecule has 10 heteroatoms. The molecule has 1 unspecified atom stereocenters. The first-order valence-corrected chi connectivity index (χ1v) is 18.0. The molecule has 2 N–H and O–H groups in total. The first-order valence-electron chi connectivity index (χ1n) is 15.1. The maximum atomic E-state index is 10.1. The lowest BCUT2D eigenvalue weighted by Crippen LogP contribution is -2.45. The van der Waals surface area contributed by atoms with Gasteiger partial charge in [-0.1, -0.05) is 27.7 Å². The summed E-state index contributed by atoms with van der Waals surface area (Å²) >= 11 is 0. The van der Waals surface area contributed by atoms with Crippen molar-refractivity contribution in [3.8, 4) is 17.3 Å². The zero-order valence-corrected chi connectivity index (χ0v) is 27.5. The number of nitrogens with zero attached hydrogens (tertiary/aromatic N) is 6. The molecule has 224 valence electrons. The fourth-order valence-electron chi connectivity index (χ4n) is 5.75. The molecule has 0 bridgehead atoms. The highest BCUT2D eigenvalue weighted by Crippen LogP contribution is 2.44. The van der Waals surface area contributed by atoms with Crippen molar-refractivity contribution >= 4 is 25.8 Å². The number of rotatable bonds is 8. The SMILES string of the molecule is Cc1cc(Nc2nccc(-c3cc(C#N)c4c(c3)[C@@](C)(CO[Si](C)(C)C(C)(C)C)CN4)n2)n(CC2CCCN(C)C2)n1. The topological polar surface area (TPSA) is 104 Å². The van der Waals surface area contributed by atoms with Crippen LogP contribution < -0.4 is 10.6 Å². The van der Waals surface area contributed by atoms with Crippen LogP contribution >= 0.6 is 0 Å². The van der Waals surface area contributed by atoms with Gasteiger partial charge in [0, 0.05) is 49.5 Å². The average molecular weight is 587 g/mol. The predicted molar refractivity (Wildman–Crippen MR) is 172 cm³/mol. The lowest BCUT2D eigenvalue weighted by atomic mass is 9.83. The summed E-state index contributed by atoms with van der Waals surface area (Å²) < 4.78 is 8.74. The van der Waals surface area contributed by atoms with Crippen molar-refractivity contribution in [3.63, 3.8) is 0 Å². The van der Waals surface area contributed by atoms with Gasteiger partial charge in [0.25, 0.3) is 0 Å². The Balaban J connectivity index is 1.41. The standard InChI is InChI=1S/C32H46N8OSi/c1-22-14-28(40(38-22)19-23-10-9-13-39(6)18-23)37-30-34-12-11-27(36-30)24-15-25(17-33)29-26(16-24)32(5,20-35-29)21-41-42(7,8)31(2,3)4/h11-12,14-16,23,35H,9-10,13,18-21H2,1-8H3,(H,34,36,37)/t23?,32-/m1/s1.